The number of methoxy groups -OCH3 is 1. The lowest BCUT2D eigenvalue weighted by Gasteiger charge is -2.14. The molecular formula is C17H26O2. The Kier molecular flexibility index (Phi) is 7.95. The van der Waals surface area contributed by atoms with Crippen LogP contribution in [-0.2, 0) is 9.53 Å². The molecule has 0 aliphatic carbocycles. The van der Waals surface area contributed by atoms with Gasteiger partial charge in [-0.1, -0.05) is 75.8 Å². The number of hydrogen-bond acceptors (Lipinski definition) is 2. The first kappa shape index (κ1) is 15.7. The van der Waals surface area contributed by atoms with Crippen molar-refractivity contribution in [3.63, 3.8) is 0 Å². The van der Waals surface area contributed by atoms with E-state index < -0.39 is 0 Å². The van der Waals surface area contributed by atoms with Crippen molar-refractivity contribution >= 4 is 5.97 Å². The van der Waals surface area contributed by atoms with Crippen LogP contribution in [0.2, 0.25) is 0 Å². The van der Waals surface area contributed by atoms with E-state index in [0.29, 0.717) is 0 Å². The highest BCUT2D eigenvalue weighted by Crippen LogP contribution is 2.24. The zero-order chi connectivity index (χ0) is 13.9. The van der Waals surface area contributed by atoms with Crippen molar-refractivity contribution < 1.29 is 9.53 Å². The summed E-state index contributed by atoms with van der Waals surface area (Å²) in [4.78, 5) is 11.9. The zero-order valence-electron chi connectivity index (χ0n) is 12.2. The van der Waals surface area contributed by atoms with E-state index in [9.17, 15) is 4.79 Å². The van der Waals surface area contributed by atoms with Gasteiger partial charge < -0.3 is 4.74 Å². The molecule has 1 atom stereocenters. The number of hydrogen-bond donors (Lipinski definition) is 0. The highest BCUT2D eigenvalue weighted by molar-refractivity contribution is 5.77. The average Bonchev–Trinajstić information content (AvgIpc) is 2.47. The summed E-state index contributed by atoms with van der Waals surface area (Å²) in [6, 6.07) is 9.96. The molecule has 0 aliphatic rings. The molecule has 19 heavy (non-hydrogen) atoms. The van der Waals surface area contributed by atoms with E-state index >= 15 is 0 Å². The van der Waals surface area contributed by atoms with Gasteiger partial charge in [0.25, 0.3) is 0 Å². The molecule has 1 aromatic carbocycles. The van der Waals surface area contributed by atoms with Crippen LogP contribution in [-0.4, -0.2) is 13.1 Å². The van der Waals surface area contributed by atoms with Gasteiger partial charge in [0, 0.05) is 0 Å². The lowest BCUT2D eigenvalue weighted by atomic mass is 9.93. The Bertz CT molecular complexity index is 346. The van der Waals surface area contributed by atoms with Crippen LogP contribution >= 0.6 is 0 Å². The summed E-state index contributed by atoms with van der Waals surface area (Å²) in [7, 11) is 1.47. The highest BCUT2D eigenvalue weighted by Gasteiger charge is 2.20. The lowest BCUT2D eigenvalue weighted by molar-refractivity contribution is -0.142. The van der Waals surface area contributed by atoms with Gasteiger partial charge >= 0.3 is 5.97 Å². The molecule has 106 valence electrons. The van der Waals surface area contributed by atoms with E-state index in [1.54, 1.807) is 0 Å². The van der Waals surface area contributed by atoms with Crippen molar-refractivity contribution in [3.05, 3.63) is 35.9 Å². The Hall–Kier alpha value is -1.31. The van der Waals surface area contributed by atoms with E-state index in [4.69, 9.17) is 4.74 Å². The van der Waals surface area contributed by atoms with Gasteiger partial charge in [-0.3, -0.25) is 4.79 Å². The van der Waals surface area contributed by atoms with Crippen LogP contribution in [0.3, 0.4) is 0 Å². The average molecular weight is 262 g/mol. The summed E-state index contributed by atoms with van der Waals surface area (Å²) in [5.41, 5.74) is 1.07. The predicted molar refractivity (Wildman–Crippen MR) is 79.2 cm³/mol. The molecule has 0 heterocycles. The van der Waals surface area contributed by atoms with Gasteiger partial charge in [-0.15, -0.1) is 0 Å². The molecule has 0 saturated heterocycles. The maximum atomic E-state index is 11.9. The Morgan fingerprint density at radius 1 is 1.05 bits per heavy atom. The Morgan fingerprint density at radius 2 is 1.68 bits per heavy atom. The number of rotatable bonds is 9. The zero-order valence-corrected chi connectivity index (χ0v) is 12.2. The first-order chi connectivity index (χ1) is 9.29. The Labute approximate surface area is 117 Å². The smallest absolute Gasteiger partial charge is 0.313 e. The molecule has 0 saturated carbocycles. The van der Waals surface area contributed by atoms with Gasteiger partial charge in [-0.05, 0) is 12.0 Å². The molecule has 0 fully saturated rings. The lowest BCUT2D eigenvalue weighted by Crippen LogP contribution is -2.14. The quantitative estimate of drug-likeness (QED) is 0.476. The van der Waals surface area contributed by atoms with E-state index in [2.05, 4.69) is 6.92 Å². The first-order valence-electron chi connectivity index (χ1n) is 7.42. The molecule has 0 aromatic heterocycles. The topological polar surface area (TPSA) is 26.3 Å². The summed E-state index contributed by atoms with van der Waals surface area (Å²) >= 11 is 0. The second kappa shape index (κ2) is 9.60. The van der Waals surface area contributed by atoms with Crippen LogP contribution < -0.4 is 0 Å². The normalized spacial score (nSPS) is 12.1. The molecule has 2 nitrogen and oxygen atoms in total. The molecule has 1 unspecified atom stereocenters. The molecule has 0 bridgehead atoms. The largest absolute Gasteiger partial charge is 0.469 e. The fraction of sp³-hybridized carbons (Fsp3) is 0.588. The molecule has 1 aromatic rings. The van der Waals surface area contributed by atoms with Crippen LogP contribution in [0.25, 0.3) is 0 Å². The van der Waals surface area contributed by atoms with Gasteiger partial charge in [0.2, 0.25) is 0 Å². The van der Waals surface area contributed by atoms with E-state index in [-0.39, 0.29) is 11.9 Å². The van der Waals surface area contributed by atoms with Crippen molar-refractivity contribution in [3.8, 4) is 0 Å². The molecule has 1 rings (SSSR count). The summed E-state index contributed by atoms with van der Waals surface area (Å²) in [6.45, 7) is 2.22. The predicted octanol–water partition coefficient (Wildman–Crippen LogP) is 4.69. The number of benzene rings is 1. The number of carbonyl (C=O) groups excluding carboxylic acids is 1. The van der Waals surface area contributed by atoms with Crippen molar-refractivity contribution in [1.82, 2.24) is 0 Å². The van der Waals surface area contributed by atoms with Crippen LogP contribution in [0.15, 0.2) is 30.3 Å². The Balaban J connectivity index is 2.41. The summed E-state index contributed by atoms with van der Waals surface area (Å²) in [5, 5.41) is 0. The van der Waals surface area contributed by atoms with Crippen LogP contribution in [0.1, 0.15) is 63.4 Å². The Morgan fingerprint density at radius 3 is 2.32 bits per heavy atom. The highest BCUT2D eigenvalue weighted by atomic mass is 16.5. The van der Waals surface area contributed by atoms with E-state index in [1.807, 2.05) is 30.3 Å². The fourth-order valence-electron chi connectivity index (χ4n) is 2.38. The third kappa shape index (κ3) is 5.91. The fourth-order valence-corrected chi connectivity index (χ4v) is 2.38. The van der Waals surface area contributed by atoms with Crippen molar-refractivity contribution in [2.24, 2.45) is 0 Å². The SMILES string of the molecule is CCCCCCCCC(C(=O)OC)c1ccccc1. The van der Waals surface area contributed by atoms with Crippen molar-refractivity contribution in [2.45, 2.75) is 57.8 Å². The molecule has 2 heteroatoms. The number of carbonyl (C=O) groups is 1. The minimum absolute atomic E-state index is 0.0997. The molecule has 0 N–H and O–H groups in total. The van der Waals surface area contributed by atoms with E-state index in [1.165, 1.54) is 39.2 Å². The third-order valence-electron chi connectivity index (χ3n) is 3.53. The second-order valence-corrected chi connectivity index (χ2v) is 5.04. The second-order valence-electron chi connectivity index (χ2n) is 5.04. The molecular weight excluding hydrogens is 236 g/mol. The van der Waals surface area contributed by atoms with Crippen LogP contribution in [0.5, 0.6) is 0 Å². The summed E-state index contributed by atoms with van der Waals surface area (Å²) in [6.07, 6.45) is 8.37. The minimum Gasteiger partial charge on any atom is -0.469 e. The molecule has 0 amide bonds. The molecule has 0 radical (unpaired) electrons. The van der Waals surface area contributed by atoms with Gasteiger partial charge in [-0.25, -0.2) is 0 Å². The first-order valence-corrected chi connectivity index (χ1v) is 7.42. The van der Waals surface area contributed by atoms with Crippen molar-refractivity contribution in [2.75, 3.05) is 7.11 Å². The van der Waals surface area contributed by atoms with Gasteiger partial charge in [0.15, 0.2) is 0 Å². The maximum Gasteiger partial charge on any atom is 0.313 e. The monoisotopic (exact) mass is 262 g/mol. The van der Waals surface area contributed by atoms with Crippen molar-refractivity contribution in [1.29, 1.82) is 0 Å². The van der Waals surface area contributed by atoms with E-state index in [0.717, 1.165) is 18.4 Å². The maximum absolute atomic E-state index is 11.9. The van der Waals surface area contributed by atoms with Crippen LogP contribution in [0.4, 0.5) is 0 Å². The minimum atomic E-state index is -0.111. The number of esters is 1. The standard InChI is InChI=1S/C17H26O2/c1-3-4-5-6-7-11-14-16(17(18)19-2)15-12-9-8-10-13-15/h8-10,12-13,16H,3-7,11,14H2,1-2H3. The molecule has 0 aliphatic heterocycles. The summed E-state index contributed by atoms with van der Waals surface area (Å²) in [5.74, 6) is -0.211. The van der Waals surface area contributed by atoms with Gasteiger partial charge in [-0.2, -0.15) is 0 Å². The van der Waals surface area contributed by atoms with Gasteiger partial charge in [0.1, 0.15) is 0 Å². The molecule has 0 spiro atoms. The number of ether oxygens (including phenoxy) is 1. The van der Waals surface area contributed by atoms with Crippen LogP contribution in [0, 0.1) is 0 Å². The number of unbranched alkanes of at least 4 members (excludes halogenated alkanes) is 5. The summed E-state index contributed by atoms with van der Waals surface area (Å²) < 4.78 is 4.92. The third-order valence-corrected chi connectivity index (χ3v) is 3.53. The van der Waals surface area contributed by atoms with Gasteiger partial charge in [0.05, 0.1) is 13.0 Å².